The summed E-state index contributed by atoms with van der Waals surface area (Å²) >= 11 is 6.11. The van der Waals surface area contributed by atoms with Crippen LogP contribution < -0.4 is 20.3 Å². The number of halogens is 3. The molecule has 0 bridgehead atoms. The molecule has 0 radical (unpaired) electrons. The van der Waals surface area contributed by atoms with Gasteiger partial charge in [0.2, 0.25) is 0 Å². The third kappa shape index (κ3) is 4.37. The first-order valence-electron chi connectivity index (χ1n) is 8.72. The van der Waals surface area contributed by atoms with Crippen LogP contribution in [-0.2, 0) is 0 Å². The lowest BCUT2D eigenvalue weighted by molar-refractivity contribution is 0.186. The summed E-state index contributed by atoms with van der Waals surface area (Å²) in [7, 11) is 2.97. The smallest absolute Gasteiger partial charge is 0.292 e. The highest BCUT2D eigenvalue weighted by Crippen LogP contribution is 2.30. The number of rotatable bonds is 7. The van der Waals surface area contributed by atoms with Gasteiger partial charge in [-0.05, 0) is 30.3 Å². The van der Waals surface area contributed by atoms with Gasteiger partial charge in [0.05, 0.1) is 32.2 Å². The molecule has 1 unspecified atom stereocenters. The number of aliphatic hydroxyl groups excluding tert-OH is 1. The predicted octanol–water partition coefficient (Wildman–Crippen LogP) is 3.33. The van der Waals surface area contributed by atoms with E-state index in [2.05, 4.69) is 10.4 Å². The lowest BCUT2D eigenvalue weighted by atomic mass is 10.1. The largest absolute Gasteiger partial charge is 0.497 e. The molecule has 30 heavy (non-hydrogen) atoms. The zero-order valence-electron chi connectivity index (χ0n) is 16.0. The monoisotopic (exact) mass is 437 g/mol. The molecule has 0 fully saturated rings. The van der Waals surface area contributed by atoms with Crippen LogP contribution in [0.25, 0.3) is 5.69 Å². The predicted molar refractivity (Wildman–Crippen MR) is 108 cm³/mol. The summed E-state index contributed by atoms with van der Waals surface area (Å²) in [5, 5.41) is 17.0. The van der Waals surface area contributed by atoms with E-state index in [-0.39, 0.29) is 22.9 Å². The second-order valence-electron chi connectivity index (χ2n) is 6.19. The lowest BCUT2D eigenvalue weighted by Crippen LogP contribution is -2.24. The van der Waals surface area contributed by atoms with Crippen molar-refractivity contribution < 1.29 is 23.4 Å². The van der Waals surface area contributed by atoms with Crippen molar-refractivity contribution in [2.24, 2.45) is 0 Å². The fourth-order valence-corrected chi connectivity index (χ4v) is 2.99. The summed E-state index contributed by atoms with van der Waals surface area (Å²) in [6.45, 7) is -0.0285. The van der Waals surface area contributed by atoms with Crippen LogP contribution in [0.2, 0.25) is 5.02 Å². The van der Waals surface area contributed by atoms with Gasteiger partial charge in [0.15, 0.2) is 5.82 Å². The molecule has 0 spiro atoms. The molecule has 0 amide bonds. The Kier molecular flexibility index (Phi) is 6.53. The first-order chi connectivity index (χ1) is 14.3. The van der Waals surface area contributed by atoms with Crippen molar-refractivity contribution in [3.63, 3.8) is 0 Å². The van der Waals surface area contributed by atoms with E-state index in [1.54, 1.807) is 18.2 Å². The average Bonchev–Trinajstić information content (AvgIpc) is 2.74. The molecule has 0 aliphatic carbocycles. The Bertz CT molecular complexity index is 1120. The highest BCUT2D eigenvalue weighted by Gasteiger charge is 2.17. The van der Waals surface area contributed by atoms with Crippen molar-refractivity contribution in [3.05, 3.63) is 75.2 Å². The number of nitrogens with zero attached hydrogens (tertiary/aromatic N) is 2. The van der Waals surface area contributed by atoms with Gasteiger partial charge < -0.3 is 19.9 Å². The number of hydrogen-bond acceptors (Lipinski definition) is 6. The van der Waals surface area contributed by atoms with E-state index < -0.39 is 23.3 Å². The summed E-state index contributed by atoms with van der Waals surface area (Å²) in [4.78, 5) is 12.5. The summed E-state index contributed by atoms with van der Waals surface area (Å²) in [6, 6.07) is 7.70. The molecular formula is C20H18ClF2N3O4. The number of anilines is 1. The quantitative estimate of drug-likeness (QED) is 0.589. The molecular weight excluding hydrogens is 420 g/mol. The fourth-order valence-electron chi connectivity index (χ4n) is 2.80. The number of nitrogens with one attached hydrogen (secondary N) is 1. The minimum atomic E-state index is -1.02. The number of methoxy groups -OCH3 is 2. The van der Waals surface area contributed by atoms with Crippen molar-refractivity contribution in [3.8, 4) is 17.2 Å². The standard InChI is InChI=1S/C20H18ClF2N3O4/c1-29-12-4-6-18(30-2)13(8-12)17(27)10-24-15-9-25-26(20(28)19(15)21)16-5-3-11(22)7-14(16)23/h3-9,17,24,27H,10H2,1-2H3. The maximum absolute atomic E-state index is 14.0. The Labute approximate surface area is 175 Å². The topological polar surface area (TPSA) is 85.6 Å². The van der Waals surface area contributed by atoms with E-state index in [0.29, 0.717) is 23.1 Å². The SMILES string of the molecule is COc1ccc(OC)c(C(O)CNc2cnn(-c3ccc(F)cc3F)c(=O)c2Cl)c1. The zero-order chi connectivity index (χ0) is 21.8. The molecule has 2 aromatic carbocycles. The Morgan fingerprint density at radius 1 is 1.20 bits per heavy atom. The van der Waals surface area contributed by atoms with Gasteiger partial charge in [0, 0.05) is 18.2 Å². The highest BCUT2D eigenvalue weighted by molar-refractivity contribution is 6.32. The Hall–Kier alpha value is -3.17. The number of benzene rings is 2. The van der Waals surface area contributed by atoms with Crippen LogP contribution in [-0.4, -0.2) is 35.7 Å². The molecule has 1 atom stereocenters. The van der Waals surface area contributed by atoms with Crippen LogP contribution in [0.3, 0.4) is 0 Å². The first-order valence-corrected chi connectivity index (χ1v) is 9.10. The molecule has 1 aromatic heterocycles. The molecule has 10 heteroatoms. The number of aliphatic hydroxyl groups is 1. The molecule has 7 nitrogen and oxygen atoms in total. The van der Waals surface area contributed by atoms with Gasteiger partial charge in [0.1, 0.15) is 28.0 Å². The van der Waals surface area contributed by atoms with Gasteiger partial charge in [0.25, 0.3) is 5.56 Å². The molecule has 0 aliphatic heterocycles. The lowest BCUT2D eigenvalue weighted by Gasteiger charge is -2.17. The van der Waals surface area contributed by atoms with Gasteiger partial charge in [-0.2, -0.15) is 9.78 Å². The van der Waals surface area contributed by atoms with E-state index in [1.807, 2.05) is 0 Å². The van der Waals surface area contributed by atoms with Crippen LogP contribution in [0.1, 0.15) is 11.7 Å². The molecule has 0 saturated carbocycles. The van der Waals surface area contributed by atoms with E-state index in [1.165, 1.54) is 20.4 Å². The van der Waals surface area contributed by atoms with E-state index in [0.717, 1.165) is 16.8 Å². The molecule has 0 aliphatic rings. The van der Waals surface area contributed by atoms with Gasteiger partial charge in [-0.1, -0.05) is 11.6 Å². The Morgan fingerprint density at radius 2 is 1.97 bits per heavy atom. The second kappa shape index (κ2) is 9.10. The Morgan fingerprint density at radius 3 is 2.63 bits per heavy atom. The molecule has 0 saturated heterocycles. The van der Waals surface area contributed by atoms with E-state index in [4.69, 9.17) is 21.1 Å². The van der Waals surface area contributed by atoms with E-state index >= 15 is 0 Å². The summed E-state index contributed by atoms with van der Waals surface area (Å²) < 4.78 is 38.2. The van der Waals surface area contributed by atoms with Crippen molar-refractivity contribution >= 4 is 17.3 Å². The van der Waals surface area contributed by atoms with Gasteiger partial charge in [-0.15, -0.1) is 0 Å². The second-order valence-corrected chi connectivity index (χ2v) is 6.57. The molecule has 3 rings (SSSR count). The first kappa shape index (κ1) is 21.5. The van der Waals surface area contributed by atoms with Crippen LogP contribution in [0.5, 0.6) is 11.5 Å². The maximum Gasteiger partial charge on any atom is 0.292 e. The third-order valence-electron chi connectivity index (χ3n) is 4.34. The minimum absolute atomic E-state index is 0.0285. The van der Waals surface area contributed by atoms with Gasteiger partial charge >= 0.3 is 0 Å². The minimum Gasteiger partial charge on any atom is -0.497 e. The maximum atomic E-state index is 14.0. The fraction of sp³-hybridized carbons (Fsp3) is 0.200. The zero-order valence-corrected chi connectivity index (χ0v) is 16.8. The normalized spacial score (nSPS) is 11.8. The van der Waals surface area contributed by atoms with Gasteiger partial charge in [-0.25, -0.2) is 8.78 Å². The molecule has 3 aromatic rings. The molecule has 1 heterocycles. The van der Waals surface area contributed by atoms with Crippen molar-refractivity contribution in [1.82, 2.24) is 9.78 Å². The van der Waals surface area contributed by atoms with Crippen molar-refractivity contribution in [2.45, 2.75) is 6.10 Å². The summed E-state index contributed by atoms with van der Waals surface area (Å²) in [5.74, 6) is -0.748. The molecule has 2 N–H and O–H groups in total. The molecule has 158 valence electrons. The van der Waals surface area contributed by atoms with E-state index in [9.17, 15) is 18.7 Å². The number of hydrogen-bond donors (Lipinski definition) is 2. The Balaban J connectivity index is 1.83. The highest BCUT2D eigenvalue weighted by atomic mass is 35.5. The summed E-state index contributed by atoms with van der Waals surface area (Å²) in [6.07, 6.45) is 0.185. The van der Waals surface area contributed by atoms with Crippen molar-refractivity contribution in [1.29, 1.82) is 0 Å². The van der Waals surface area contributed by atoms with Crippen LogP contribution in [0, 0.1) is 11.6 Å². The van der Waals surface area contributed by atoms with Crippen LogP contribution in [0.15, 0.2) is 47.4 Å². The van der Waals surface area contributed by atoms with Crippen LogP contribution in [0.4, 0.5) is 14.5 Å². The van der Waals surface area contributed by atoms with Crippen molar-refractivity contribution in [2.75, 3.05) is 26.1 Å². The summed E-state index contributed by atoms with van der Waals surface area (Å²) in [5.41, 5.74) is -0.437. The average molecular weight is 438 g/mol. The number of ether oxygens (including phenoxy) is 2. The van der Waals surface area contributed by atoms with Crippen LogP contribution >= 0.6 is 11.6 Å². The van der Waals surface area contributed by atoms with Gasteiger partial charge in [-0.3, -0.25) is 4.79 Å². The number of aromatic nitrogens is 2. The third-order valence-corrected chi connectivity index (χ3v) is 4.70.